The molecular weight excluding hydrogens is 568 g/mol. The number of Topliss-reactive ketones (excluding diaryl/α,β-unsaturated/α-hetero) is 2. The monoisotopic (exact) mass is 610 g/mol. The molecule has 0 aliphatic rings. The van der Waals surface area contributed by atoms with Gasteiger partial charge in [0, 0.05) is 24.0 Å². The van der Waals surface area contributed by atoms with Gasteiger partial charge in [0.15, 0.2) is 34.6 Å². The molecule has 6 nitrogen and oxygen atoms in total. The highest BCUT2D eigenvalue weighted by molar-refractivity contribution is 6.72. The number of carbonyl (C=O) groups is 2. The first-order valence-electron chi connectivity index (χ1n) is 12.2. The van der Waals surface area contributed by atoms with E-state index in [9.17, 15) is 9.59 Å². The Hall–Kier alpha value is -0.792. The van der Waals surface area contributed by atoms with Crippen molar-refractivity contribution in [2.75, 3.05) is 11.8 Å². The van der Waals surface area contributed by atoms with Crippen LogP contribution in [0.15, 0.2) is 0 Å². The summed E-state index contributed by atoms with van der Waals surface area (Å²) in [7, 11) is -8.84. The Balaban J connectivity index is 4.40. The molecule has 0 N–H and O–H groups in total. The fourth-order valence-electron chi connectivity index (χ4n) is 3.22. The maximum absolute atomic E-state index is 12.8. The summed E-state index contributed by atoms with van der Waals surface area (Å²) in [4.78, 5) is 25.5. The van der Waals surface area contributed by atoms with Crippen molar-refractivity contribution in [3.8, 4) is 23.0 Å². The third kappa shape index (κ3) is 11.3. The van der Waals surface area contributed by atoms with Crippen molar-refractivity contribution in [2.24, 2.45) is 0 Å². The maximum Gasteiger partial charge on any atom is 0.242 e. The number of hydrogen-bond donors (Lipinski definition) is 0. The number of alkyl halides is 2. The average molecular weight is 612 g/mol. The molecule has 0 amide bonds. The highest BCUT2D eigenvalue weighted by atomic mass is 35.5. The third-order valence-electron chi connectivity index (χ3n) is 4.19. The fraction of sp³-hybridized carbons (Fsp3) is 0.667. The van der Waals surface area contributed by atoms with Crippen LogP contribution in [0.3, 0.4) is 0 Å². The molecule has 0 aliphatic heterocycles. The normalized spacial score (nSPS) is 12.8. The van der Waals surface area contributed by atoms with E-state index in [4.69, 9.17) is 40.9 Å². The molecule has 12 heteroatoms. The zero-order valence-electron chi connectivity index (χ0n) is 24.0. The van der Waals surface area contributed by atoms with Crippen molar-refractivity contribution in [3.05, 3.63) is 11.1 Å². The van der Waals surface area contributed by atoms with Gasteiger partial charge in [0.05, 0.1) is 11.8 Å². The average Bonchev–Trinajstić information content (AvgIpc) is 2.65. The van der Waals surface area contributed by atoms with Crippen LogP contribution in [0.4, 0.5) is 0 Å². The minimum Gasteiger partial charge on any atom is -0.542 e. The lowest BCUT2D eigenvalue weighted by molar-refractivity contribution is -0.117. The second kappa shape index (κ2) is 12.4. The summed E-state index contributed by atoms with van der Waals surface area (Å²) in [6.07, 6.45) is 0.0218. The topological polar surface area (TPSA) is 71.1 Å². The molecule has 0 aromatic heterocycles. The van der Waals surface area contributed by atoms with Crippen molar-refractivity contribution in [2.45, 2.75) is 91.4 Å². The Kier molecular flexibility index (Phi) is 11.4. The molecule has 0 fully saturated rings. The predicted molar refractivity (Wildman–Crippen MR) is 161 cm³/mol. The lowest BCUT2D eigenvalue weighted by atomic mass is 9.98. The Bertz CT molecular complexity index is 824. The smallest absolute Gasteiger partial charge is 0.242 e. The molecule has 0 bridgehead atoms. The second-order valence-corrected chi connectivity index (χ2v) is 31.1. The number of carbonyl (C=O) groups excluding carboxylic acids is 2. The Morgan fingerprint density at radius 3 is 0.833 bits per heavy atom. The molecule has 1 aromatic carbocycles. The van der Waals surface area contributed by atoms with Crippen LogP contribution in [-0.4, -0.2) is 56.6 Å². The van der Waals surface area contributed by atoms with Crippen molar-refractivity contribution < 1.29 is 27.3 Å². The van der Waals surface area contributed by atoms with Gasteiger partial charge in [-0.3, -0.25) is 9.59 Å². The first-order valence-corrected chi connectivity index (χ1v) is 26.9. The van der Waals surface area contributed by atoms with Crippen molar-refractivity contribution in [3.63, 3.8) is 0 Å². The zero-order valence-corrected chi connectivity index (χ0v) is 29.5. The van der Waals surface area contributed by atoms with Gasteiger partial charge in [0.1, 0.15) is 0 Å². The summed E-state index contributed by atoms with van der Waals surface area (Å²) in [5.41, 5.74) is 1.16. The van der Waals surface area contributed by atoms with Gasteiger partial charge < -0.3 is 17.7 Å². The van der Waals surface area contributed by atoms with Crippen molar-refractivity contribution >= 4 is 68.0 Å². The van der Waals surface area contributed by atoms with Gasteiger partial charge in [-0.2, -0.15) is 0 Å². The molecule has 206 valence electrons. The van der Waals surface area contributed by atoms with Crippen LogP contribution < -0.4 is 17.7 Å². The number of benzene rings is 1. The van der Waals surface area contributed by atoms with Crippen LogP contribution in [0.1, 0.15) is 11.1 Å². The quantitative estimate of drug-likeness (QED) is 0.163. The standard InChI is InChI=1S/C24H44Cl2O6Si4/c1-33(2,3)29-21-19(13-17(27)15-25)23(31-35(7,8)9)24(32-36(10,11)12)20(14-18(28)16-26)22(21)30-34(4,5)6/h13-16H2,1-12H3. The summed E-state index contributed by atoms with van der Waals surface area (Å²) in [5.74, 6) is 1.23. The number of hydrogen-bond acceptors (Lipinski definition) is 6. The lowest BCUT2D eigenvalue weighted by Gasteiger charge is -2.35. The van der Waals surface area contributed by atoms with E-state index in [2.05, 4.69) is 78.6 Å². The second-order valence-electron chi connectivity index (χ2n) is 12.8. The third-order valence-corrected chi connectivity index (χ3v) is 8.05. The predicted octanol–water partition coefficient (Wildman–Crippen LogP) is 7.24. The van der Waals surface area contributed by atoms with Crippen LogP contribution in [0.5, 0.6) is 23.0 Å². The Morgan fingerprint density at radius 1 is 0.500 bits per heavy atom. The van der Waals surface area contributed by atoms with Gasteiger partial charge in [-0.25, -0.2) is 0 Å². The zero-order chi connectivity index (χ0) is 28.3. The molecule has 0 unspecified atom stereocenters. The first-order chi connectivity index (χ1) is 16.1. The van der Waals surface area contributed by atoms with Crippen molar-refractivity contribution in [1.82, 2.24) is 0 Å². The van der Waals surface area contributed by atoms with Crippen LogP contribution in [-0.2, 0) is 22.4 Å². The summed E-state index contributed by atoms with van der Waals surface area (Å²) in [5, 5.41) is 0. The molecule has 0 saturated carbocycles. The molecule has 0 spiro atoms. The molecule has 0 saturated heterocycles. The summed E-state index contributed by atoms with van der Waals surface area (Å²) in [6, 6.07) is 0. The molecule has 1 rings (SSSR count). The molecule has 0 heterocycles. The van der Waals surface area contributed by atoms with E-state index in [0.29, 0.717) is 34.1 Å². The van der Waals surface area contributed by atoms with E-state index in [1.54, 1.807) is 0 Å². The van der Waals surface area contributed by atoms with Crippen LogP contribution in [0.25, 0.3) is 0 Å². The number of rotatable bonds is 14. The van der Waals surface area contributed by atoms with Crippen LogP contribution in [0, 0.1) is 0 Å². The van der Waals surface area contributed by atoms with Crippen molar-refractivity contribution in [1.29, 1.82) is 0 Å². The van der Waals surface area contributed by atoms with E-state index in [0.717, 1.165) is 0 Å². The minimum atomic E-state index is -2.21. The van der Waals surface area contributed by atoms with E-state index in [1.807, 2.05) is 0 Å². The fourth-order valence-corrected chi connectivity index (χ4v) is 6.72. The minimum absolute atomic E-state index is 0.0109. The largest absolute Gasteiger partial charge is 0.542 e. The van der Waals surface area contributed by atoms with Gasteiger partial charge in [-0.1, -0.05) is 0 Å². The van der Waals surface area contributed by atoms with Gasteiger partial charge >= 0.3 is 0 Å². The van der Waals surface area contributed by atoms with Gasteiger partial charge in [-0.05, 0) is 78.6 Å². The molecular formula is C24H44Cl2O6Si4. The molecule has 0 atom stereocenters. The highest BCUT2D eigenvalue weighted by Crippen LogP contribution is 2.52. The van der Waals surface area contributed by atoms with Crippen LogP contribution >= 0.6 is 23.2 Å². The Labute approximate surface area is 231 Å². The van der Waals surface area contributed by atoms with E-state index >= 15 is 0 Å². The summed E-state index contributed by atoms with van der Waals surface area (Å²) in [6.45, 7) is 24.8. The van der Waals surface area contributed by atoms with E-state index < -0.39 is 33.3 Å². The summed E-state index contributed by atoms with van der Waals surface area (Å²) < 4.78 is 26.6. The van der Waals surface area contributed by atoms with Gasteiger partial charge in [0.25, 0.3) is 0 Å². The van der Waals surface area contributed by atoms with E-state index in [-0.39, 0.29) is 36.2 Å². The molecule has 1 aromatic rings. The maximum atomic E-state index is 12.8. The highest BCUT2D eigenvalue weighted by Gasteiger charge is 2.37. The molecule has 36 heavy (non-hydrogen) atoms. The summed E-state index contributed by atoms with van der Waals surface area (Å²) >= 11 is 11.9. The lowest BCUT2D eigenvalue weighted by Crippen LogP contribution is -2.36. The van der Waals surface area contributed by atoms with Crippen LogP contribution in [0.2, 0.25) is 78.6 Å². The molecule has 0 aliphatic carbocycles. The number of halogens is 2. The van der Waals surface area contributed by atoms with E-state index in [1.165, 1.54) is 0 Å². The molecule has 0 radical (unpaired) electrons. The van der Waals surface area contributed by atoms with Gasteiger partial charge in [-0.15, -0.1) is 23.2 Å². The Morgan fingerprint density at radius 2 is 0.694 bits per heavy atom. The van der Waals surface area contributed by atoms with Gasteiger partial charge in [0.2, 0.25) is 33.3 Å². The first kappa shape index (κ1) is 33.2. The number of ketones is 2. The SMILES string of the molecule is C[Si](C)(C)Oc1c(CC(=O)CCl)c(O[Si](C)(C)C)c(O[Si](C)(C)C)c(CC(=O)CCl)c1O[Si](C)(C)C.